The average molecular weight is 748 g/mol. The van der Waals surface area contributed by atoms with E-state index in [2.05, 4.69) is 37.0 Å². The summed E-state index contributed by atoms with van der Waals surface area (Å²) >= 11 is 7.20. The van der Waals surface area contributed by atoms with Crippen molar-refractivity contribution in [2.24, 2.45) is 5.10 Å². The number of halogens is 2. The fourth-order valence-corrected chi connectivity index (χ4v) is 5.78. The molecule has 6 rings (SSSR count). The lowest BCUT2D eigenvalue weighted by atomic mass is 10.2. The van der Waals surface area contributed by atoms with Crippen LogP contribution in [0.25, 0.3) is 33.5 Å². The van der Waals surface area contributed by atoms with Crippen LogP contribution >= 0.6 is 31.9 Å². The van der Waals surface area contributed by atoms with Crippen molar-refractivity contribution >= 4 is 65.6 Å². The van der Waals surface area contributed by atoms with Crippen molar-refractivity contribution in [3.8, 4) is 28.8 Å². The summed E-state index contributed by atoms with van der Waals surface area (Å²) in [6.07, 6.45) is 1.51. The first-order valence-corrected chi connectivity index (χ1v) is 15.5. The molecule has 232 valence electrons. The first-order chi connectivity index (χ1) is 22.3. The Balaban J connectivity index is 1.42. The summed E-state index contributed by atoms with van der Waals surface area (Å²) in [5.74, 6) is 1.95. The molecule has 46 heavy (non-hydrogen) atoms. The van der Waals surface area contributed by atoms with Gasteiger partial charge in [0, 0.05) is 22.2 Å². The predicted molar refractivity (Wildman–Crippen MR) is 181 cm³/mol. The third kappa shape index (κ3) is 5.98. The summed E-state index contributed by atoms with van der Waals surface area (Å²) in [6.45, 7) is 2.23. The second-order valence-electron chi connectivity index (χ2n) is 9.87. The van der Waals surface area contributed by atoms with Gasteiger partial charge in [-0.1, -0.05) is 30.3 Å². The molecule has 4 aromatic carbocycles. The molecule has 0 saturated carbocycles. The number of fused-ring (bicyclic) bond motifs is 2. The zero-order valence-electron chi connectivity index (χ0n) is 24.4. The van der Waals surface area contributed by atoms with Gasteiger partial charge >= 0.3 is 0 Å². The Hall–Kier alpha value is -5.01. The molecule has 0 aliphatic carbocycles. The summed E-state index contributed by atoms with van der Waals surface area (Å²) in [5, 5.41) is 16.9. The first kappa shape index (κ1) is 31.0. The van der Waals surface area contributed by atoms with Gasteiger partial charge in [0.25, 0.3) is 11.2 Å². The molecule has 0 unspecified atom stereocenters. The number of hydrogen-bond acceptors (Lipinski definition) is 9. The number of nitrogens with zero attached hydrogens (tertiary/aromatic N) is 4. The van der Waals surface area contributed by atoms with E-state index in [9.17, 15) is 14.9 Å². The van der Waals surface area contributed by atoms with Crippen LogP contribution in [0, 0.1) is 10.1 Å². The van der Waals surface area contributed by atoms with Gasteiger partial charge in [0.1, 0.15) is 17.9 Å². The number of methoxy groups -OCH3 is 1. The van der Waals surface area contributed by atoms with E-state index < -0.39 is 4.92 Å². The van der Waals surface area contributed by atoms with Gasteiger partial charge in [0.05, 0.1) is 45.6 Å². The van der Waals surface area contributed by atoms with E-state index in [1.807, 2.05) is 19.1 Å². The second kappa shape index (κ2) is 13.2. The molecule has 0 spiro atoms. The molecular formula is C33H24Br2N4O7. The standard InChI is InChI=1S/C33H24Br2N4O7/c1-3-44-27-15-20(29(34)30(35)31(27)45-18-19-8-6-9-21(14-19)39(41)42)17-36-38-32(37-24-11-5-4-10-22(24)33(38)40)28-16-23-25(43-2)12-7-13-26(23)46-28/h4-17H,3,18H2,1-2H3. The predicted octanol–water partition coefficient (Wildman–Crippen LogP) is 8.11. The Morgan fingerprint density at radius 2 is 1.78 bits per heavy atom. The SMILES string of the molecule is CCOc1cc(C=Nn2c(-c3cc4c(OC)cccc4o3)nc3ccccc3c2=O)c(Br)c(Br)c1OCc1cccc([N+](=O)[O-])c1. The van der Waals surface area contributed by atoms with E-state index in [1.54, 1.807) is 61.7 Å². The van der Waals surface area contributed by atoms with E-state index in [-0.39, 0.29) is 23.7 Å². The maximum Gasteiger partial charge on any atom is 0.282 e. The van der Waals surface area contributed by atoms with Crippen LogP contribution in [-0.4, -0.2) is 34.5 Å². The lowest BCUT2D eigenvalue weighted by molar-refractivity contribution is -0.384. The summed E-state index contributed by atoms with van der Waals surface area (Å²) in [7, 11) is 1.58. The molecule has 13 heteroatoms. The molecule has 0 bridgehead atoms. The molecular weight excluding hydrogens is 724 g/mol. The summed E-state index contributed by atoms with van der Waals surface area (Å²) in [5.41, 5.74) is 1.83. The van der Waals surface area contributed by atoms with Gasteiger partial charge < -0.3 is 18.6 Å². The van der Waals surface area contributed by atoms with Crippen molar-refractivity contribution in [1.29, 1.82) is 0 Å². The van der Waals surface area contributed by atoms with Crippen LogP contribution < -0.4 is 19.8 Å². The van der Waals surface area contributed by atoms with Crippen molar-refractivity contribution in [3.63, 3.8) is 0 Å². The van der Waals surface area contributed by atoms with Crippen LogP contribution in [0.4, 0.5) is 5.69 Å². The number of hydrogen-bond donors (Lipinski definition) is 0. The highest BCUT2D eigenvalue weighted by molar-refractivity contribution is 9.13. The minimum atomic E-state index is -0.456. The average Bonchev–Trinajstić information content (AvgIpc) is 3.51. The highest BCUT2D eigenvalue weighted by Gasteiger charge is 2.20. The summed E-state index contributed by atoms with van der Waals surface area (Å²) < 4.78 is 25.9. The number of benzene rings is 4. The molecule has 6 aromatic rings. The van der Waals surface area contributed by atoms with E-state index in [0.717, 1.165) is 5.39 Å². The highest BCUT2D eigenvalue weighted by Crippen LogP contribution is 2.43. The Morgan fingerprint density at radius 3 is 2.57 bits per heavy atom. The summed E-state index contributed by atoms with van der Waals surface area (Å²) in [6, 6.07) is 22.2. The molecule has 0 fully saturated rings. The molecule has 0 aliphatic heterocycles. The number of ether oxygens (including phenoxy) is 3. The van der Waals surface area contributed by atoms with Gasteiger partial charge in [-0.2, -0.15) is 9.78 Å². The summed E-state index contributed by atoms with van der Waals surface area (Å²) in [4.78, 5) is 29.3. The molecule has 2 aromatic heterocycles. The topological polar surface area (TPSA) is 131 Å². The van der Waals surface area contributed by atoms with Crippen molar-refractivity contribution in [1.82, 2.24) is 9.66 Å². The van der Waals surface area contributed by atoms with Crippen LogP contribution in [0.15, 0.2) is 102 Å². The largest absolute Gasteiger partial charge is 0.496 e. The third-order valence-electron chi connectivity index (χ3n) is 6.99. The Bertz CT molecular complexity index is 2210. The van der Waals surface area contributed by atoms with Gasteiger partial charge in [0.2, 0.25) is 5.82 Å². The third-order valence-corrected chi connectivity index (χ3v) is 9.13. The van der Waals surface area contributed by atoms with Crippen LogP contribution in [0.1, 0.15) is 18.1 Å². The molecule has 0 aliphatic rings. The fourth-order valence-electron chi connectivity index (χ4n) is 4.84. The molecule has 0 N–H and O–H groups in total. The Labute approximate surface area is 278 Å². The minimum absolute atomic E-state index is 0.0301. The molecule has 0 atom stereocenters. The normalized spacial score (nSPS) is 11.4. The van der Waals surface area contributed by atoms with Crippen LogP contribution in [0.3, 0.4) is 0 Å². The zero-order valence-corrected chi connectivity index (χ0v) is 27.6. The van der Waals surface area contributed by atoms with Crippen LogP contribution in [-0.2, 0) is 6.61 Å². The van der Waals surface area contributed by atoms with Gasteiger partial charge in [-0.25, -0.2) is 4.98 Å². The van der Waals surface area contributed by atoms with Crippen LogP contribution in [0.2, 0.25) is 0 Å². The molecule has 2 heterocycles. The number of aromatic nitrogens is 2. The lowest BCUT2D eigenvalue weighted by Crippen LogP contribution is -2.20. The highest BCUT2D eigenvalue weighted by atomic mass is 79.9. The maximum absolute atomic E-state index is 13.8. The molecule has 0 amide bonds. The van der Waals surface area contributed by atoms with E-state index in [1.165, 1.54) is 23.0 Å². The van der Waals surface area contributed by atoms with Crippen molar-refractivity contribution < 1.29 is 23.6 Å². The fraction of sp³-hybridized carbons (Fsp3) is 0.121. The molecule has 0 saturated heterocycles. The Kier molecular flexibility index (Phi) is 8.86. The van der Waals surface area contributed by atoms with Gasteiger partial charge in [0.15, 0.2) is 17.3 Å². The quantitative estimate of drug-likeness (QED) is 0.0781. The second-order valence-corrected chi connectivity index (χ2v) is 11.5. The number of rotatable bonds is 10. The molecule has 0 radical (unpaired) electrons. The lowest BCUT2D eigenvalue weighted by Gasteiger charge is -2.16. The van der Waals surface area contributed by atoms with E-state index in [4.69, 9.17) is 23.6 Å². The zero-order chi connectivity index (χ0) is 32.4. The number of para-hydroxylation sites is 1. The van der Waals surface area contributed by atoms with Gasteiger partial charge in [-0.05, 0) is 80.7 Å². The van der Waals surface area contributed by atoms with Crippen molar-refractivity contribution in [2.75, 3.05) is 13.7 Å². The van der Waals surface area contributed by atoms with Crippen LogP contribution in [0.5, 0.6) is 17.2 Å². The minimum Gasteiger partial charge on any atom is -0.496 e. The maximum atomic E-state index is 13.8. The van der Waals surface area contributed by atoms with E-state index >= 15 is 0 Å². The monoisotopic (exact) mass is 746 g/mol. The van der Waals surface area contributed by atoms with E-state index in [0.29, 0.717) is 66.2 Å². The van der Waals surface area contributed by atoms with Gasteiger partial charge in [-0.3, -0.25) is 14.9 Å². The number of nitro groups is 1. The van der Waals surface area contributed by atoms with Crippen molar-refractivity contribution in [3.05, 3.63) is 119 Å². The first-order valence-electron chi connectivity index (χ1n) is 13.9. The number of furan rings is 1. The number of non-ortho nitro benzene ring substituents is 1. The van der Waals surface area contributed by atoms with Gasteiger partial charge in [-0.15, -0.1) is 0 Å². The molecule has 11 nitrogen and oxygen atoms in total. The smallest absolute Gasteiger partial charge is 0.282 e. The van der Waals surface area contributed by atoms with Crippen molar-refractivity contribution in [2.45, 2.75) is 13.5 Å². The Morgan fingerprint density at radius 1 is 0.978 bits per heavy atom. The number of nitro benzene ring substituents is 1.